The second-order valence-corrected chi connectivity index (χ2v) is 7.67. The van der Waals surface area contributed by atoms with Gasteiger partial charge in [0.1, 0.15) is 18.1 Å². The first-order valence-electron chi connectivity index (χ1n) is 8.46. The van der Waals surface area contributed by atoms with E-state index < -0.39 is 28.3 Å². The Kier molecular flexibility index (Phi) is 6.91. The number of hydrogen-bond donors (Lipinski definition) is 1. The highest BCUT2D eigenvalue weighted by Gasteiger charge is 2.36. The molecular weight excluding hydrogens is 495 g/mol. The van der Waals surface area contributed by atoms with Gasteiger partial charge >= 0.3 is 6.18 Å². The maximum atomic E-state index is 14.5. The highest BCUT2D eigenvalue weighted by Crippen LogP contribution is 2.43. The van der Waals surface area contributed by atoms with Crippen molar-refractivity contribution in [2.45, 2.75) is 18.3 Å². The van der Waals surface area contributed by atoms with Gasteiger partial charge in [-0.25, -0.2) is 0 Å². The summed E-state index contributed by atoms with van der Waals surface area (Å²) in [7, 11) is 0. The van der Waals surface area contributed by atoms with Gasteiger partial charge in [-0.1, -0.05) is 38.6 Å². The number of halogens is 6. The predicted octanol–water partition coefficient (Wildman–Crippen LogP) is 5.61. The summed E-state index contributed by atoms with van der Waals surface area (Å²) in [6.45, 7) is -0.322. The van der Waals surface area contributed by atoms with Crippen LogP contribution in [0.5, 0.6) is 5.75 Å². The third kappa shape index (κ3) is 5.07. The average Bonchev–Trinajstić information content (AvgIpc) is 2.99. The van der Waals surface area contributed by atoms with E-state index in [4.69, 9.17) is 4.74 Å². The zero-order valence-corrected chi connectivity index (χ0v) is 17.5. The standard InChI is InChI=1S/C19H14BrF5N2O2S/c20-9-15(28)26-18-27(25)16(17(21)30-18)11-5-7-13(8-6-11)29-10-12-3-1-2-4-14(12)19(22,23)24/h1-8,18H,9-10H2,(H,26,28). The Labute approximate surface area is 181 Å². The molecule has 4 nitrogen and oxygen atoms in total. The molecule has 2 aromatic carbocycles. The van der Waals surface area contributed by atoms with Gasteiger partial charge in [0, 0.05) is 11.1 Å². The van der Waals surface area contributed by atoms with Crippen LogP contribution < -0.4 is 10.1 Å². The largest absolute Gasteiger partial charge is 0.489 e. The van der Waals surface area contributed by atoms with E-state index in [1.165, 1.54) is 42.5 Å². The fourth-order valence-electron chi connectivity index (χ4n) is 2.69. The fourth-order valence-corrected chi connectivity index (χ4v) is 3.76. The number of hydrogen-bond acceptors (Lipinski definition) is 4. The Bertz CT molecular complexity index is 953. The number of alkyl halides is 4. The molecule has 1 heterocycles. The van der Waals surface area contributed by atoms with E-state index in [9.17, 15) is 26.8 Å². The van der Waals surface area contributed by atoms with Gasteiger partial charge in [0.25, 0.3) is 0 Å². The van der Waals surface area contributed by atoms with Crippen molar-refractivity contribution >= 4 is 39.3 Å². The van der Waals surface area contributed by atoms with Crippen molar-refractivity contribution in [3.63, 3.8) is 0 Å². The summed E-state index contributed by atoms with van der Waals surface area (Å²) >= 11 is 3.44. The molecule has 160 valence electrons. The van der Waals surface area contributed by atoms with Gasteiger partial charge in [-0.15, -0.1) is 0 Å². The molecule has 2 aromatic rings. The Morgan fingerprint density at radius 3 is 2.47 bits per heavy atom. The molecule has 0 spiro atoms. The van der Waals surface area contributed by atoms with E-state index in [0.717, 1.165) is 6.07 Å². The number of ether oxygens (including phenoxy) is 1. The Morgan fingerprint density at radius 2 is 1.83 bits per heavy atom. The molecule has 0 saturated carbocycles. The van der Waals surface area contributed by atoms with Crippen molar-refractivity contribution in [2.75, 3.05) is 5.33 Å². The zero-order valence-electron chi connectivity index (χ0n) is 15.1. The zero-order chi connectivity index (χ0) is 21.9. The lowest BCUT2D eigenvalue weighted by molar-refractivity contribution is -0.138. The number of nitrogens with zero attached hydrogens (tertiary/aromatic N) is 1. The second-order valence-electron chi connectivity index (χ2n) is 6.07. The quantitative estimate of drug-likeness (QED) is 0.313. The Balaban J connectivity index is 1.69. The van der Waals surface area contributed by atoms with Crippen LogP contribution in [0.15, 0.2) is 53.7 Å². The van der Waals surface area contributed by atoms with Gasteiger partial charge in [0.2, 0.25) is 5.91 Å². The molecule has 1 unspecified atom stereocenters. The van der Waals surface area contributed by atoms with Crippen LogP contribution in [0.4, 0.5) is 22.0 Å². The van der Waals surface area contributed by atoms with E-state index in [1.807, 2.05) is 0 Å². The van der Waals surface area contributed by atoms with E-state index in [-0.39, 0.29) is 39.6 Å². The minimum Gasteiger partial charge on any atom is -0.489 e. The molecular formula is C19H14BrF5N2O2S. The topological polar surface area (TPSA) is 41.6 Å². The average molecular weight is 509 g/mol. The molecule has 1 aliphatic heterocycles. The van der Waals surface area contributed by atoms with Crippen molar-refractivity contribution in [2.24, 2.45) is 0 Å². The molecule has 1 aliphatic rings. The van der Waals surface area contributed by atoms with Crippen LogP contribution in [0.25, 0.3) is 5.70 Å². The third-order valence-corrected chi connectivity index (χ3v) is 5.51. The number of thioether (sulfide) groups is 1. The van der Waals surface area contributed by atoms with E-state index in [1.54, 1.807) is 0 Å². The molecule has 11 heteroatoms. The number of carbonyl (C=O) groups is 1. The minimum absolute atomic E-state index is 0.0321. The van der Waals surface area contributed by atoms with Crippen LogP contribution in [-0.2, 0) is 17.6 Å². The van der Waals surface area contributed by atoms with Crippen molar-refractivity contribution in [1.29, 1.82) is 0 Å². The number of carbonyl (C=O) groups excluding carboxylic acids is 1. The summed E-state index contributed by atoms with van der Waals surface area (Å²) in [6, 6.07) is 10.6. The van der Waals surface area contributed by atoms with Crippen LogP contribution in [0.2, 0.25) is 0 Å². The molecule has 1 N–H and O–H groups in total. The molecule has 0 bridgehead atoms. The number of rotatable bonds is 6. The molecule has 0 aliphatic carbocycles. The van der Waals surface area contributed by atoms with Crippen molar-refractivity contribution in [3.8, 4) is 5.75 Å². The van der Waals surface area contributed by atoms with E-state index >= 15 is 0 Å². The summed E-state index contributed by atoms with van der Waals surface area (Å²) < 4.78 is 73.2. The lowest BCUT2D eigenvalue weighted by Gasteiger charge is -2.19. The normalized spacial score (nSPS) is 16.7. The maximum Gasteiger partial charge on any atom is 0.416 e. The summed E-state index contributed by atoms with van der Waals surface area (Å²) in [6.07, 6.45) is -4.50. The highest BCUT2D eigenvalue weighted by molar-refractivity contribution is 9.09. The molecule has 1 atom stereocenters. The molecule has 0 saturated heterocycles. The van der Waals surface area contributed by atoms with Crippen molar-refractivity contribution < 1.29 is 31.6 Å². The second kappa shape index (κ2) is 9.25. The monoisotopic (exact) mass is 508 g/mol. The molecule has 30 heavy (non-hydrogen) atoms. The Morgan fingerprint density at radius 1 is 1.17 bits per heavy atom. The lowest BCUT2D eigenvalue weighted by Crippen LogP contribution is -2.39. The van der Waals surface area contributed by atoms with Crippen LogP contribution >= 0.6 is 27.7 Å². The molecule has 0 fully saturated rings. The number of benzene rings is 2. The van der Waals surface area contributed by atoms with Gasteiger partial charge in [-0.05, 0) is 42.1 Å². The van der Waals surface area contributed by atoms with Gasteiger partial charge < -0.3 is 10.1 Å². The summed E-state index contributed by atoms with van der Waals surface area (Å²) in [5.41, 5.74) is -2.23. The first kappa shape index (κ1) is 22.4. The van der Waals surface area contributed by atoms with Crippen LogP contribution in [0.3, 0.4) is 0 Å². The van der Waals surface area contributed by atoms with Crippen LogP contribution in [0.1, 0.15) is 16.7 Å². The fraction of sp³-hybridized carbons (Fsp3) is 0.211. The molecule has 0 radical (unpaired) electrons. The van der Waals surface area contributed by atoms with Crippen molar-refractivity contribution in [3.05, 3.63) is 70.4 Å². The van der Waals surface area contributed by atoms with Gasteiger partial charge in [-0.2, -0.15) is 22.7 Å². The third-order valence-electron chi connectivity index (χ3n) is 4.07. The molecule has 0 aromatic heterocycles. The van der Waals surface area contributed by atoms with Gasteiger partial charge in [0.15, 0.2) is 10.7 Å². The van der Waals surface area contributed by atoms with E-state index in [2.05, 4.69) is 21.2 Å². The number of amides is 1. The SMILES string of the molecule is O=C(CBr)NC1SC(F)=C(c2ccc(OCc3ccccc3C(F)(F)F)cc2)N1F. The van der Waals surface area contributed by atoms with E-state index in [0.29, 0.717) is 11.8 Å². The van der Waals surface area contributed by atoms with Gasteiger partial charge in [0.05, 0.1) is 10.9 Å². The van der Waals surface area contributed by atoms with Crippen LogP contribution in [0, 0.1) is 0 Å². The summed E-state index contributed by atoms with van der Waals surface area (Å²) in [5.74, 6) is -0.274. The summed E-state index contributed by atoms with van der Waals surface area (Å²) in [4.78, 5) is 11.4. The first-order valence-corrected chi connectivity index (χ1v) is 10.5. The Hall–Kier alpha value is -2.27. The molecule has 1 amide bonds. The van der Waals surface area contributed by atoms with Gasteiger partial charge in [-0.3, -0.25) is 4.79 Å². The summed E-state index contributed by atoms with van der Waals surface area (Å²) in [5, 5.41) is 1.54. The smallest absolute Gasteiger partial charge is 0.416 e. The lowest BCUT2D eigenvalue weighted by atomic mass is 10.1. The predicted molar refractivity (Wildman–Crippen MR) is 107 cm³/mol. The maximum absolute atomic E-state index is 14.5. The van der Waals surface area contributed by atoms with Crippen molar-refractivity contribution in [1.82, 2.24) is 10.4 Å². The highest BCUT2D eigenvalue weighted by atomic mass is 79.9. The minimum atomic E-state index is -4.50. The van der Waals surface area contributed by atoms with Crippen LogP contribution in [-0.4, -0.2) is 21.9 Å². The first-order chi connectivity index (χ1) is 14.2. The number of nitrogens with one attached hydrogen (secondary N) is 1. The molecule has 3 rings (SSSR count).